The van der Waals surface area contributed by atoms with E-state index in [9.17, 15) is 30.0 Å². The molecule has 5 aliphatic rings. The van der Waals surface area contributed by atoms with Gasteiger partial charge in [-0.3, -0.25) is 9.59 Å². The molecule has 3 saturated carbocycles. The van der Waals surface area contributed by atoms with Gasteiger partial charge in [0.15, 0.2) is 11.6 Å². The smallest absolute Gasteiger partial charge is 0.210 e. The van der Waals surface area contributed by atoms with Gasteiger partial charge < -0.3 is 29.9 Å². The van der Waals surface area contributed by atoms with Crippen molar-refractivity contribution in [2.75, 3.05) is 0 Å². The molecule has 2 aliphatic heterocycles. The largest absolute Gasteiger partial charge is 0.507 e. The summed E-state index contributed by atoms with van der Waals surface area (Å²) in [6, 6.07) is 0. The standard InChI is InChI=1S/C26H32O8/c1-9-11(3)15(27)13-17-21(5)20(30)14(16(28)12(4)10-2)18-22(6,19(13)29)26(32)23(17,7)33-25(21,31)24(18,8)34-26/h9-10,17-18,27-28,31-32H,1-8H3/b11-9+,12-10+,15-13-,16-14-/t17-,18-,21-,22-,23+,24?,25-,26-/m1/s1. The van der Waals surface area contributed by atoms with Crippen molar-refractivity contribution in [3.63, 3.8) is 0 Å². The van der Waals surface area contributed by atoms with Crippen LogP contribution in [0.25, 0.3) is 0 Å². The van der Waals surface area contributed by atoms with Crippen LogP contribution in [0, 0.1) is 22.7 Å². The Morgan fingerprint density at radius 2 is 1.03 bits per heavy atom. The highest BCUT2D eigenvalue weighted by Gasteiger charge is 2.99. The van der Waals surface area contributed by atoms with Gasteiger partial charge in [-0.15, -0.1) is 0 Å². The first-order chi connectivity index (χ1) is 15.5. The first kappa shape index (κ1) is 23.5. The average Bonchev–Trinajstić information content (AvgIpc) is 3.10. The number of ether oxygens (including phenoxy) is 2. The van der Waals surface area contributed by atoms with E-state index in [1.807, 2.05) is 0 Å². The molecule has 34 heavy (non-hydrogen) atoms. The molecule has 5 rings (SSSR count). The van der Waals surface area contributed by atoms with Crippen LogP contribution in [0.5, 0.6) is 0 Å². The number of ketones is 2. The molecule has 3 aliphatic carbocycles. The van der Waals surface area contributed by atoms with Crippen LogP contribution in [0.3, 0.4) is 0 Å². The lowest BCUT2D eigenvalue weighted by atomic mass is 9.39. The third-order valence-corrected chi connectivity index (χ3v) is 9.86. The molecule has 2 heterocycles. The molecule has 4 N–H and O–H groups in total. The maximum absolute atomic E-state index is 14.3. The number of hydrogen-bond acceptors (Lipinski definition) is 8. The van der Waals surface area contributed by atoms with Crippen LogP contribution in [0.1, 0.15) is 55.4 Å². The van der Waals surface area contributed by atoms with Crippen LogP contribution in [-0.4, -0.2) is 54.8 Å². The summed E-state index contributed by atoms with van der Waals surface area (Å²) in [6.07, 6.45) is 3.27. The summed E-state index contributed by atoms with van der Waals surface area (Å²) in [5.41, 5.74) is -6.52. The molecule has 2 saturated heterocycles. The summed E-state index contributed by atoms with van der Waals surface area (Å²) in [6.45, 7) is 12.6. The molecule has 0 aromatic heterocycles. The highest BCUT2D eigenvalue weighted by atomic mass is 16.8. The average molecular weight is 473 g/mol. The van der Waals surface area contributed by atoms with Gasteiger partial charge in [0.05, 0.1) is 10.8 Å². The predicted molar refractivity (Wildman–Crippen MR) is 120 cm³/mol. The number of allylic oxidation sites excluding steroid dienone is 4. The van der Waals surface area contributed by atoms with Gasteiger partial charge in [0.1, 0.15) is 22.7 Å². The van der Waals surface area contributed by atoms with E-state index >= 15 is 0 Å². The fourth-order valence-electron chi connectivity index (χ4n) is 7.91. The van der Waals surface area contributed by atoms with Crippen LogP contribution < -0.4 is 0 Å². The van der Waals surface area contributed by atoms with E-state index in [1.54, 1.807) is 39.8 Å². The van der Waals surface area contributed by atoms with Gasteiger partial charge in [-0.1, -0.05) is 12.2 Å². The molecular weight excluding hydrogens is 440 g/mol. The monoisotopic (exact) mass is 472 g/mol. The number of carbonyl (C=O) groups is 2. The van der Waals surface area contributed by atoms with Gasteiger partial charge in [-0.05, 0) is 66.5 Å². The van der Waals surface area contributed by atoms with Crippen LogP contribution in [-0.2, 0) is 19.1 Å². The van der Waals surface area contributed by atoms with E-state index in [0.29, 0.717) is 11.1 Å². The first-order valence-electron chi connectivity index (χ1n) is 11.6. The lowest BCUT2D eigenvalue weighted by Crippen LogP contribution is -2.74. The Morgan fingerprint density at radius 1 is 0.735 bits per heavy atom. The van der Waals surface area contributed by atoms with E-state index in [2.05, 4.69) is 0 Å². The van der Waals surface area contributed by atoms with E-state index in [4.69, 9.17) is 9.47 Å². The van der Waals surface area contributed by atoms with Crippen LogP contribution in [0.15, 0.2) is 46.0 Å². The lowest BCUT2D eigenvalue weighted by Gasteiger charge is -2.58. The normalized spacial score (nSPS) is 54.3. The zero-order chi connectivity index (χ0) is 25.6. The van der Waals surface area contributed by atoms with E-state index in [-0.39, 0.29) is 22.7 Å². The van der Waals surface area contributed by atoms with Crippen molar-refractivity contribution in [2.45, 2.75) is 78.2 Å². The molecule has 0 spiro atoms. The van der Waals surface area contributed by atoms with Crippen molar-refractivity contribution in [3.05, 3.63) is 46.0 Å². The van der Waals surface area contributed by atoms with E-state index < -0.39 is 57.0 Å². The molecule has 0 amide bonds. The minimum Gasteiger partial charge on any atom is -0.507 e. The molecule has 5 fully saturated rings. The maximum Gasteiger partial charge on any atom is 0.210 e. The minimum atomic E-state index is -2.24. The summed E-state index contributed by atoms with van der Waals surface area (Å²) in [5, 5.41) is 46.8. The van der Waals surface area contributed by atoms with E-state index in [0.717, 1.165) is 0 Å². The van der Waals surface area contributed by atoms with Gasteiger partial charge in [-0.2, -0.15) is 0 Å². The third kappa shape index (κ3) is 1.77. The van der Waals surface area contributed by atoms with Gasteiger partial charge in [0.2, 0.25) is 11.6 Å². The summed E-state index contributed by atoms with van der Waals surface area (Å²) in [4.78, 5) is 28.7. The number of Topliss-reactive ketones (excluding diaryl/α,β-unsaturated/α-hetero) is 2. The van der Waals surface area contributed by atoms with Crippen LogP contribution >= 0.6 is 0 Å². The van der Waals surface area contributed by atoms with Crippen molar-refractivity contribution in [3.8, 4) is 0 Å². The number of rotatable bonds is 2. The molecule has 8 atom stereocenters. The predicted octanol–water partition coefficient (Wildman–Crippen LogP) is 2.92. The second-order valence-corrected chi connectivity index (χ2v) is 11.1. The summed E-state index contributed by atoms with van der Waals surface area (Å²) in [5.74, 6) is -8.81. The van der Waals surface area contributed by atoms with Crippen molar-refractivity contribution in [1.29, 1.82) is 0 Å². The molecule has 0 aromatic rings. The Morgan fingerprint density at radius 3 is 1.29 bits per heavy atom. The number of aliphatic hydroxyl groups excluding tert-OH is 2. The van der Waals surface area contributed by atoms with Crippen LogP contribution in [0.4, 0.5) is 0 Å². The molecule has 0 radical (unpaired) electrons. The molecule has 8 heteroatoms. The summed E-state index contributed by atoms with van der Waals surface area (Å²) >= 11 is 0. The Hall–Kier alpha value is -2.26. The van der Waals surface area contributed by atoms with Gasteiger partial charge in [0.25, 0.3) is 0 Å². The molecule has 1 unspecified atom stereocenters. The second kappa shape index (κ2) is 5.93. The van der Waals surface area contributed by atoms with Crippen molar-refractivity contribution < 1.29 is 39.5 Å². The first-order valence-corrected chi connectivity index (χ1v) is 11.6. The zero-order valence-electron chi connectivity index (χ0n) is 20.7. The fraction of sp³-hybridized carbons (Fsp3) is 0.615. The summed E-state index contributed by atoms with van der Waals surface area (Å²) < 4.78 is 12.5. The molecule has 184 valence electrons. The van der Waals surface area contributed by atoms with Gasteiger partial charge in [-0.25, -0.2) is 0 Å². The van der Waals surface area contributed by atoms with Gasteiger partial charge >= 0.3 is 0 Å². The Kier molecular flexibility index (Phi) is 4.09. The highest BCUT2D eigenvalue weighted by molar-refractivity contribution is 6.13. The highest BCUT2D eigenvalue weighted by Crippen LogP contribution is 2.84. The molecule has 0 aromatic carbocycles. The summed E-state index contributed by atoms with van der Waals surface area (Å²) in [7, 11) is 0. The van der Waals surface area contributed by atoms with Crippen molar-refractivity contribution in [1.82, 2.24) is 0 Å². The molecular formula is C26H32O8. The number of hydrogen-bond donors (Lipinski definition) is 4. The second-order valence-electron chi connectivity index (χ2n) is 11.1. The Balaban J connectivity index is 2.03. The molecule has 8 bridgehead atoms. The Bertz CT molecular complexity index is 1130. The molecule has 8 nitrogen and oxygen atoms in total. The maximum atomic E-state index is 14.3. The zero-order valence-corrected chi connectivity index (χ0v) is 20.7. The third-order valence-electron chi connectivity index (χ3n) is 9.86. The number of carbonyl (C=O) groups excluding carboxylic acids is 2. The van der Waals surface area contributed by atoms with Crippen molar-refractivity contribution in [2.24, 2.45) is 22.7 Å². The number of aliphatic hydroxyl groups is 4. The Labute approximate surface area is 198 Å². The lowest BCUT2D eigenvalue weighted by molar-refractivity contribution is -0.450. The topological polar surface area (TPSA) is 134 Å². The van der Waals surface area contributed by atoms with Gasteiger partial charge in [0, 0.05) is 23.0 Å². The minimum absolute atomic E-state index is 0.0732. The van der Waals surface area contributed by atoms with E-state index in [1.165, 1.54) is 27.7 Å². The SMILES string of the molecule is C/C=C(C)/C(O)=C1/C(=O)[C@@]2(C)[C@H]3/C(=C(O)\C(C)=C\C)C(=O)[C@@]4(C)[C@@H]1C1(C)O[C@@]4(O)[C@@]3(C)O[C@@]12O. The quantitative estimate of drug-likeness (QED) is 0.356. The fourth-order valence-corrected chi connectivity index (χ4v) is 7.91. The van der Waals surface area contributed by atoms with Crippen molar-refractivity contribution >= 4 is 11.6 Å². The van der Waals surface area contributed by atoms with Crippen LogP contribution in [0.2, 0.25) is 0 Å².